The predicted octanol–water partition coefficient (Wildman–Crippen LogP) is 2.74. The molecular formula is C22H35BN2O4. The van der Waals surface area contributed by atoms with Crippen molar-refractivity contribution < 1.29 is 18.8 Å². The second-order valence-corrected chi connectivity index (χ2v) is 10.0. The number of rotatable bonds is 3. The molecule has 2 aliphatic heterocycles. The van der Waals surface area contributed by atoms with Crippen molar-refractivity contribution in [2.75, 3.05) is 19.6 Å². The lowest BCUT2D eigenvalue weighted by Gasteiger charge is -2.37. The first kappa shape index (κ1) is 22.1. The maximum atomic E-state index is 12.8. The van der Waals surface area contributed by atoms with Gasteiger partial charge in [-0.15, -0.1) is 0 Å². The fraction of sp³-hybridized carbons (Fsp3) is 0.682. The van der Waals surface area contributed by atoms with Crippen LogP contribution >= 0.6 is 0 Å². The van der Waals surface area contributed by atoms with Crippen LogP contribution in [0.1, 0.15) is 54.0 Å². The van der Waals surface area contributed by atoms with E-state index in [-0.39, 0.29) is 23.3 Å². The zero-order chi connectivity index (χ0) is 21.4. The Bertz CT molecular complexity index is 729. The molecule has 0 bridgehead atoms. The Balaban J connectivity index is 1.80. The van der Waals surface area contributed by atoms with Crippen LogP contribution in [0.25, 0.3) is 0 Å². The molecule has 3 rings (SSSR count). The van der Waals surface area contributed by atoms with Gasteiger partial charge >= 0.3 is 13.2 Å². The summed E-state index contributed by atoms with van der Waals surface area (Å²) in [5, 5.41) is 3.41. The van der Waals surface area contributed by atoms with Crippen molar-refractivity contribution in [3.63, 3.8) is 0 Å². The summed E-state index contributed by atoms with van der Waals surface area (Å²) < 4.78 is 18.2. The van der Waals surface area contributed by atoms with Crippen molar-refractivity contribution in [2.45, 2.75) is 77.7 Å². The van der Waals surface area contributed by atoms with Gasteiger partial charge in [0, 0.05) is 19.6 Å². The molecule has 2 aliphatic rings. The number of carbonyl (C=O) groups excluding carboxylic acids is 1. The van der Waals surface area contributed by atoms with Crippen molar-refractivity contribution in [1.29, 1.82) is 0 Å². The van der Waals surface area contributed by atoms with Crippen LogP contribution in [0.3, 0.4) is 0 Å². The van der Waals surface area contributed by atoms with E-state index in [0.29, 0.717) is 13.0 Å². The molecule has 1 aromatic rings. The van der Waals surface area contributed by atoms with E-state index in [0.717, 1.165) is 24.1 Å². The van der Waals surface area contributed by atoms with Gasteiger partial charge in [0.2, 0.25) is 0 Å². The second-order valence-electron chi connectivity index (χ2n) is 10.0. The third kappa shape index (κ3) is 4.96. The largest absolute Gasteiger partial charge is 0.495 e. The number of nitrogens with one attached hydrogen (secondary N) is 1. The molecular weight excluding hydrogens is 367 g/mol. The number of nitrogens with zero attached hydrogens (tertiary/aromatic N) is 1. The van der Waals surface area contributed by atoms with Gasteiger partial charge in [0.1, 0.15) is 5.60 Å². The molecule has 0 aromatic heterocycles. The number of piperazine rings is 1. The summed E-state index contributed by atoms with van der Waals surface area (Å²) in [5.74, 6) is 0. The number of carbonyl (C=O) groups is 1. The van der Waals surface area contributed by atoms with Crippen molar-refractivity contribution >= 4 is 18.7 Å². The summed E-state index contributed by atoms with van der Waals surface area (Å²) >= 11 is 0. The molecule has 0 spiro atoms. The van der Waals surface area contributed by atoms with E-state index in [1.165, 1.54) is 0 Å². The Morgan fingerprint density at radius 1 is 1.21 bits per heavy atom. The van der Waals surface area contributed by atoms with Gasteiger partial charge in [0.05, 0.1) is 17.2 Å². The van der Waals surface area contributed by atoms with Crippen LogP contribution in [0.15, 0.2) is 24.3 Å². The molecule has 2 saturated heterocycles. The van der Waals surface area contributed by atoms with Crippen LogP contribution in [0.2, 0.25) is 0 Å². The summed E-state index contributed by atoms with van der Waals surface area (Å²) in [7, 11) is -0.414. The molecule has 2 heterocycles. The average molecular weight is 402 g/mol. The van der Waals surface area contributed by atoms with Crippen LogP contribution in [0.4, 0.5) is 4.79 Å². The zero-order valence-electron chi connectivity index (χ0n) is 18.9. The number of hydrogen-bond acceptors (Lipinski definition) is 5. The van der Waals surface area contributed by atoms with Crippen LogP contribution in [0, 0.1) is 0 Å². The lowest BCUT2D eigenvalue weighted by Crippen LogP contribution is -2.56. The lowest BCUT2D eigenvalue weighted by molar-refractivity contribution is 0.00578. The lowest BCUT2D eigenvalue weighted by atomic mass is 9.74. The van der Waals surface area contributed by atoms with Gasteiger partial charge in [0.25, 0.3) is 0 Å². The van der Waals surface area contributed by atoms with Crippen LogP contribution in [-0.4, -0.2) is 60.6 Å². The Kier molecular flexibility index (Phi) is 6.05. The van der Waals surface area contributed by atoms with E-state index in [1.807, 2.05) is 37.8 Å². The summed E-state index contributed by atoms with van der Waals surface area (Å²) in [6, 6.07) is 8.21. The molecule has 0 radical (unpaired) electrons. The first-order chi connectivity index (χ1) is 13.4. The van der Waals surface area contributed by atoms with E-state index in [4.69, 9.17) is 14.0 Å². The van der Waals surface area contributed by atoms with Gasteiger partial charge in [-0.1, -0.05) is 24.3 Å². The monoisotopic (exact) mass is 402 g/mol. The molecule has 0 saturated carbocycles. The van der Waals surface area contributed by atoms with Gasteiger partial charge in [0.15, 0.2) is 0 Å². The van der Waals surface area contributed by atoms with Gasteiger partial charge in [-0.2, -0.15) is 0 Å². The molecule has 1 atom stereocenters. The number of amides is 1. The molecule has 0 unspecified atom stereocenters. The van der Waals surface area contributed by atoms with E-state index in [9.17, 15) is 4.79 Å². The maximum absolute atomic E-state index is 12.8. The summed E-state index contributed by atoms with van der Waals surface area (Å²) in [5.41, 5.74) is 0.876. The SMILES string of the molecule is CC(C)(C)OC(=O)N1CCNC[C@H]1Cc1ccccc1B1OC(C)(C)C(C)(C)O1. The van der Waals surface area contributed by atoms with Crippen molar-refractivity contribution in [3.05, 3.63) is 29.8 Å². The highest BCUT2D eigenvalue weighted by molar-refractivity contribution is 6.62. The Morgan fingerprint density at radius 3 is 2.45 bits per heavy atom. The third-order valence-electron chi connectivity index (χ3n) is 6.00. The first-order valence-corrected chi connectivity index (χ1v) is 10.5. The molecule has 0 aliphatic carbocycles. The molecule has 1 aromatic carbocycles. The fourth-order valence-electron chi connectivity index (χ4n) is 3.68. The molecule has 7 heteroatoms. The highest BCUT2D eigenvalue weighted by atomic mass is 16.7. The van der Waals surface area contributed by atoms with Crippen LogP contribution < -0.4 is 10.8 Å². The van der Waals surface area contributed by atoms with E-state index in [1.54, 1.807) is 0 Å². The van der Waals surface area contributed by atoms with E-state index >= 15 is 0 Å². The smallest absolute Gasteiger partial charge is 0.444 e. The van der Waals surface area contributed by atoms with E-state index < -0.39 is 12.7 Å². The topological polar surface area (TPSA) is 60.0 Å². The first-order valence-electron chi connectivity index (χ1n) is 10.5. The molecule has 2 fully saturated rings. The quantitative estimate of drug-likeness (QED) is 0.788. The minimum absolute atomic E-state index is 0.0159. The Labute approximate surface area is 175 Å². The van der Waals surface area contributed by atoms with Crippen molar-refractivity contribution in [1.82, 2.24) is 10.2 Å². The zero-order valence-corrected chi connectivity index (χ0v) is 18.9. The van der Waals surface area contributed by atoms with Gasteiger partial charge in [-0.05, 0) is 65.9 Å². The van der Waals surface area contributed by atoms with Crippen molar-refractivity contribution in [2.24, 2.45) is 0 Å². The van der Waals surface area contributed by atoms with Gasteiger partial charge < -0.3 is 24.3 Å². The maximum Gasteiger partial charge on any atom is 0.495 e. The fourth-order valence-corrected chi connectivity index (χ4v) is 3.68. The normalized spacial score (nSPS) is 23.9. The average Bonchev–Trinajstić information content (AvgIpc) is 2.82. The molecule has 1 amide bonds. The Morgan fingerprint density at radius 2 is 1.83 bits per heavy atom. The van der Waals surface area contributed by atoms with E-state index in [2.05, 4.69) is 45.1 Å². The number of hydrogen-bond donors (Lipinski definition) is 1. The highest BCUT2D eigenvalue weighted by Crippen LogP contribution is 2.36. The predicted molar refractivity (Wildman–Crippen MR) is 115 cm³/mol. The Hall–Kier alpha value is -1.57. The minimum Gasteiger partial charge on any atom is -0.444 e. The van der Waals surface area contributed by atoms with Gasteiger partial charge in [-0.3, -0.25) is 0 Å². The molecule has 1 N–H and O–H groups in total. The summed E-state index contributed by atoms with van der Waals surface area (Å²) in [6.45, 7) is 16.1. The minimum atomic E-state index is -0.507. The van der Waals surface area contributed by atoms with Crippen LogP contribution in [0.5, 0.6) is 0 Å². The number of benzene rings is 1. The second kappa shape index (κ2) is 7.93. The molecule has 160 valence electrons. The van der Waals surface area contributed by atoms with Crippen LogP contribution in [-0.2, 0) is 20.5 Å². The molecule has 6 nitrogen and oxygen atoms in total. The standard InChI is InChI=1S/C22H35BN2O4/c1-20(2,3)27-19(26)25-13-12-24-15-17(25)14-16-10-8-9-11-18(16)23-28-21(4,5)22(6,7)29-23/h8-11,17,24H,12-15H2,1-7H3/t17-/m1/s1. The highest BCUT2D eigenvalue weighted by Gasteiger charge is 2.52. The molecule has 29 heavy (non-hydrogen) atoms. The number of ether oxygens (including phenoxy) is 1. The van der Waals surface area contributed by atoms with Gasteiger partial charge in [-0.25, -0.2) is 4.79 Å². The summed E-state index contributed by atoms with van der Waals surface area (Å²) in [6.07, 6.45) is 0.462. The van der Waals surface area contributed by atoms with Crippen molar-refractivity contribution in [3.8, 4) is 0 Å². The third-order valence-corrected chi connectivity index (χ3v) is 6.00. The summed E-state index contributed by atoms with van der Waals surface area (Å²) in [4.78, 5) is 14.6.